The molecule has 1 unspecified atom stereocenters. The molecule has 1 fully saturated rings. The first-order chi connectivity index (χ1) is 9.52. The van der Waals surface area contributed by atoms with Crippen LogP contribution in [0.2, 0.25) is 0 Å². The van der Waals surface area contributed by atoms with Crippen LogP contribution >= 0.6 is 15.9 Å². The Hall–Kier alpha value is -1.18. The number of halogens is 1. The summed E-state index contributed by atoms with van der Waals surface area (Å²) in [6, 6.07) is 3.73. The first-order valence-electron chi connectivity index (χ1n) is 6.22. The molecule has 20 heavy (non-hydrogen) atoms. The van der Waals surface area contributed by atoms with Crippen molar-refractivity contribution in [2.24, 2.45) is 0 Å². The van der Waals surface area contributed by atoms with E-state index in [1.807, 2.05) is 12.1 Å². The molecule has 1 saturated heterocycles. The van der Waals surface area contributed by atoms with Gasteiger partial charge in [-0.2, -0.15) is 0 Å². The smallest absolute Gasteiger partial charge is 0.407 e. The van der Waals surface area contributed by atoms with Gasteiger partial charge in [-0.1, -0.05) is 0 Å². The van der Waals surface area contributed by atoms with Crippen LogP contribution in [0.3, 0.4) is 0 Å². The summed E-state index contributed by atoms with van der Waals surface area (Å²) < 4.78 is 12.0. The van der Waals surface area contributed by atoms with Crippen molar-refractivity contribution >= 4 is 22.0 Å². The van der Waals surface area contributed by atoms with Gasteiger partial charge in [0.1, 0.15) is 0 Å². The molecule has 1 aliphatic heterocycles. The second-order valence-electron chi connectivity index (χ2n) is 4.65. The van der Waals surface area contributed by atoms with Crippen LogP contribution in [0.5, 0.6) is 0 Å². The van der Waals surface area contributed by atoms with E-state index in [4.69, 9.17) is 9.47 Å². The number of hydrogen-bond donors (Lipinski definition) is 1. The predicted octanol–water partition coefficient (Wildman–Crippen LogP) is 2.30. The van der Waals surface area contributed by atoms with Crippen molar-refractivity contribution in [3.63, 3.8) is 0 Å². The average molecular weight is 345 g/mol. The fourth-order valence-electron chi connectivity index (χ4n) is 2.57. The molecule has 0 radical (unpaired) electrons. The third-order valence-corrected chi connectivity index (χ3v) is 4.20. The lowest BCUT2D eigenvalue weighted by atomic mass is 9.87. The van der Waals surface area contributed by atoms with Crippen molar-refractivity contribution < 1.29 is 19.4 Å². The number of carbonyl (C=O) groups is 1. The van der Waals surface area contributed by atoms with Crippen LogP contribution in [0.4, 0.5) is 4.79 Å². The number of likely N-dealkylation sites (tertiary alicyclic amines) is 1. The van der Waals surface area contributed by atoms with E-state index in [9.17, 15) is 9.90 Å². The van der Waals surface area contributed by atoms with Crippen LogP contribution in [0.1, 0.15) is 18.0 Å². The Balaban J connectivity index is 2.35. The second-order valence-corrected chi connectivity index (χ2v) is 5.57. The first-order valence-corrected chi connectivity index (χ1v) is 7.01. The Morgan fingerprint density at radius 3 is 2.70 bits per heavy atom. The monoisotopic (exact) mass is 344 g/mol. The van der Waals surface area contributed by atoms with Crippen LogP contribution in [0.25, 0.3) is 0 Å². The van der Waals surface area contributed by atoms with E-state index in [-0.39, 0.29) is 5.92 Å². The minimum Gasteiger partial charge on any atom is -0.465 e. The molecule has 2 heterocycles. The molecule has 1 aromatic rings. The zero-order chi connectivity index (χ0) is 14.8. The molecule has 110 valence electrons. The normalized spacial score (nSPS) is 21.8. The van der Waals surface area contributed by atoms with E-state index >= 15 is 0 Å². The van der Waals surface area contributed by atoms with Gasteiger partial charge in [0.2, 0.25) is 0 Å². The summed E-state index contributed by atoms with van der Waals surface area (Å²) in [6.07, 6.45) is 1.22. The topological polar surface area (TPSA) is 71.9 Å². The maximum absolute atomic E-state index is 11.2. The standard InChI is InChI=1S/C13H17BrN2O4/c1-19-13(20-2)5-6-16(12(17)18)8-10(13)11-4-3-9(14)7-15-11/h3-4,7,10H,5-6,8H2,1-2H3,(H,17,18). The van der Waals surface area contributed by atoms with Crippen molar-refractivity contribution in [2.75, 3.05) is 27.3 Å². The van der Waals surface area contributed by atoms with Crippen molar-refractivity contribution in [3.8, 4) is 0 Å². The van der Waals surface area contributed by atoms with Crippen LogP contribution in [-0.2, 0) is 9.47 Å². The minimum absolute atomic E-state index is 0.268. The Morgan fingerprint density at radius 1 is 1.50 bits per heavy atom. The molecule has 2 rings (SSSR count). The largest absolute Gasteiger partial charge is 0.465 e. The maximum atomic E-state index is 11.2. The quantitative estimate of drug-likeness (QED) is 0.851. The minimum atomic E-state index is -0.937. The summed E-state index contributed by atoms with van der Waals surface area (Å²) in [5.41, 5.74) is 0.753. The predicted molar refractivity (Wildman–Crippen MR) is 75.6 cm³/mol. The third kappa shape index (κ3) is 2.79. The highest BCUT2D eigenvalue weighted by molar-refractivity contribution is 9.10. The Kier molecular flexibility index (Phi) is 4.62. The number of methoxy groups -OCH3 is 2. The Labute approximate surface area is 125 Å². The number of nitrogens with zero attached hydrogens (tertiary/aromatic N) is 2. The molecular formula is C13H17BrN2O4. The summed E-state index contributed by atoms with van der Waals surface area (Å²) in [5.74, 6) is -1.11. The molecule has 0 saturated carbocycles. The molecular weight excluding hydrogens is 328 g/mol. The van der Waals surface area contributed by atoms with Gasteiger partial charge in [0, 0.05) is 44.4 Å². The van der Waals surface area contributed by atoms with Gasteiger partial charge in [-0.25, -0.2) is 4.79 Å². The molecule has 0 bridgehead atoms. The number of piperidine rings is 1. The summed E-state index contributed by atoms with van der Waals surface area (Å²) in [7, 11) is 3.15. The van der Waals surface area contributed by atoms with Crippen molar-refractivity contribution in [2.45, 2.75) is 18.1 Å². The van der Waals surface area contributed by atoms with Crippen LogP contribution in [0, 0.1) is 0 Å². The molecule has 0 aliphatic carbocycles. The van der Waals surface area contributed by atoms with E-state index < -0.39 is 11.9 Å². The van der Waals surface area contributed by atoms with Gasteiger partial charge in [0.15, 0.2) is 5.79 Å². The van der Waals surface area contributed by atoms with Crippen molar-refractivity contribution in [1.29, 1.82) is 0 Å². The number of aromatic nitrogens is 1. The summed E-state index contributed by atoms with van der Waals surface area (Å²) in [4.78, 5) is 16.9. The van der Waals surface area contributed by atoms with Crippen molar-refractivity contribution in [3.05, 3.63) is 28.5 Å². The highest BCUT2D eigenvalue weighted by Crippen LogP contribution is 2.38. The molecule has 0 aromatic carbocycles. The van der Waals surface area contributed by atoms with Gasteiger partial charge < -0.3 is 19.5 Å². The summed E-state index contributed by atoms with van der Waals surface area (Å²) in [6.45, 7) is 0.676. The molecule has 0 spiro atoms. The van der Waals surface area contributed by atoms with E-state index in [0.717, 1.165) is 10.2 Å². The number of ether oxygens (including phenoxy) is 2. The number of pyridine rings is 1. The zero-order valence-corrected chi connectivity index (χ0v) is 13.0. The Bertz CT molecular complexity index is 476. The molecule has 1 N–H and O–H groups in total. The molecule has 6 nitrogen and oxygen atoms in total. The van der Waals surface area contributed by atoms with Gasteiger partial charge in [-0.3, -0.25) is 4.98 Å². The van der Waals surface area contributed by atoms with E-state index in [2.05, 4.69) is 20.9 Å². The van der Waals surface area contributed by atoms with Gasteiger partial charge in [0.25, 0.3) is 0 Å². The fraction of sp³-hybridized carbons (Fsp3) is 0.538. The van der Waals surface area contributed by atoms with Gasteiger partial charge >= 0.3 is 6.09 Å². The Morgan fingerprint density at radius 2 is 2.20 bits per heavy atom. The number of amides is 1. The molecule has 7 heteroatoms. The average Bonchev–Trinajstić information content (AvgIpc) is 2.47. The molecule has 1 amide bonds. The molecule has 1 aromatic heterocycles. The van der Waals surface area contributed by atoms with E-state index in [1.165, 1.54) is 4.90 Å². The number of rotatable bonds is 3. The lowest BCUT2D eigenvalue weighted by molar-refractivity contribution is -0.240. The lowest BCUT2D eigenvalue weighted by Crippen LogP contribution is -2.54. The number of carboxylic acid groups (broad SMARTS) is 1. The van der Waals surface area contributed by atoms with Crippen LogP contribution < -0.4 is 0 Å². The SMILES string of the molecule is COC1(OC)CCN(C(=O)O)CC1c1ccc(Br)cn1. The number of hydrogen-bond acceptors (Lipinski definition) is 4. The van der Waals surface area contributed by atoms with Gasteiger partial charge in [-0.15, -0.1) is 0 Å². The fourth-order valence-corrected chi connectivity index (χ4v) is 2.81. The van der Waals surface area contributed by atoms with Crippen molar-refractivity contribution in [1.82, 2.24) is 9.88 Å². The summed E-state index contributed by atoms with van der Waals surface area (Å²) in [5, 5.41) is 9.18. The molecule has 1 aliphatic rings. The maximum Gasteiger partial charge on any atom is 0.407 e. The van der Waals surface area contributed by atoms with Crippen LogP contribution in [-0.4, -0.2) is 54.2 Å². The highest BCUT2D eigenvalue weighted by Gasteiger charge is 2.46. The van der Waals surface area contributed by atoms with E-state index in [1.54, 1.807) is 20.4 Å². The second kappa shape index (κ2) is 6.07. The lowest BCUT2D eigenvalue weighted by Gasteiger charge is -2.44. The third-order valence-electron chi connectivity index (χ3n) is 3.73. The van der Waals surface area contributed by atoms with Crippen LogP contribution in [0.15, 0.2) is 22.8 Å². The van der Waals surface area contributed by atoms with Gasteiger partial charge in [0.05, 0.1) is 11.6 Å². The summed E-state index contributed by atoms with van der Waals surface area (Å²) >= 11 is 3.34. The van der Waals surface area contributed by atoms with E-state index in [0.29, 0.717) is 19.5 Å². The van der Waals surface area contributed by atoms with Gasteiger partial charge in [-0.05, 0) is 28.1 Å². The molecule has 1 atom stereocenters. The first kappa shape index (κ1) is 15.2. The highest BCUT2D eigenvalue weighted by atomic mass is 79.9. The zero-order valence-electron chi connectivity index (χ0n) is 11.4.